The number of benzene rings is 1. The van der Waals surface area contributed by atoms with E-state index in [9.17, 15) is 0 Å². The van der Waals surface area contributed by atoms with Crippen LogP contribution in [-0.4, -0.2) is 17.2 Å². The molecule has 0 fully saturated rings. The fourth-order valence-electron chi connectivity index (χ4n) is 2.21. The van der Waals surface area contributed by atoms with Gasteiger partial charge >= 0.3 is 0 Å². The molecule has 0 aliphatic carbocycles. The normalized spacial score (nSPS) is 12.3. The first-order valence-corrected chi connectivity index (χ1v) is 7.37. The van der Waals surface area contributed by atoms with E-state index < -0.39 is 0 Å². The Kier molecular flexibility index (Phi) is 5.69. The molecule has 1 aromatic carbocycles. The predicted molar refractivity (Wildman–Crippen MR) is 83.0 cm³/mol. The summed E-state index contributed by atoms with van der Waals surface area (Å²) in [5.41, 5.74) is 7.34. The van der Waals surface area contributed by atoms with Crippen LogP contribution in [0.2, 0.25) is 0 Å². The molecule has 108 valence electrons. The second kappa shape index (κ2) is 7.75. The summed E-state index contributed by atoms with van der Waals surface area (Å²) in [5, 5.41) is 0. The van der Waals surface area contributed by atoms with Gasteiger partial charge in [0.05, 0.1) is 6.61 Å². The van der Waals surface area contributed by atoms with Crippen molar-refractivity contribution in [2.24, 2.45) is 5.73 Å². The SMILES string of the molecule is CCC(N)Cc1cccn1CCCOc1ccccc1. The summed E-state index contributed by atoms with van der Waals surface area (Å²) in [5.74, 6) is 0.938. The fourth-order valence-corrected chi connectivity index (χ4v) is 2.21. The lowest BCUT2D eigenvalue weighted by Crippen LogP contribution is -2.23. The molecular formula is C17H24N2O. The van der Waals surface area contributed by atoms with Gasteiger partial charge in [0.15, 0.2) is 0 Å². The maximum atomic E-state index is 6.03. The molecule has 0 radical (unpaired) electrons. The number of hydrogen-bond acceptors (Lipinski definition) is 2. The minimum Gasteiger partial charge on any atom is -0.494 e. The first-order chi connectivity index (χ1) is 9.79. The Bertz CT molecular complexity index is 493. The molecule has 2 rings (SSSR count). The molecule has 0 aliphatic rings. The second-order valence-corrected chi connectivity index (χ2v) is 5.08. The highest BCUT2D eigenvalue weighted by Gasteiger charge is 2.05. The van der Waals surface area contributed by atoms with E-state index in [1.54, 1.807) is 0 Å². The highest BCUT2D eigenvalue weighted by Crippen LogP contribution is 2.10. The van der Waals surface area contributed by atoms with Crippen LogP contribution in [0.5, 0.6) is 5.75 Å². The van der Waals surface area contributed by atoms with Crippen LogP contribution in [0.4, 0.5) is 0 Å². The first kappa shape index (κ1) is 14.7. The third-order valence-corrected chi connectivity index (χ3v) is 3.47. The highest BCUT2D eigenvalue weighted by molar-refractivity contribution is 5.20. The smallest absolute Gasteiger partial charge is 0.119 e. The van der Waals surface area contributed by atoms with Crippen molar-refractivity contribution in [3.05, 3.63) is 54.4 Å². The lowest BCUT2D eigenvalue weighted by Gasteiger charge is -2.13. The number of para-hydroxylation sites is 1. The molecule has 2 aromatic rings. The van der Waals surface area contributed by atoms with Crippen LogP contribution >= 0.6 is 0 Å². The molecule has 3 heteroatoms. The van der Waals surface area contributed by atoms with Crippen molar-refractivity contribution in [3.8, 4) is 5.75 Å². The van der Waals surface area contributed by atoms with Gasteiger partial charge in [0.1, 0.15) is 5.75 Å². The van der Waals surface area contributed by atoms with Gasteiger partial charge < -0.3 is 15.0 Å². The van der Waals surface area contributed by atoms with Gasteiger partial charge in [0.25, 0.3) is 0 Å². The number of nitrogens with two attached hydrogens (primary N) is 1. The van der Waals surface area contributed by atoms with E-state index in [-0.39, 0.29) is 6.04 Å². The molecule has 1 atom stereocenters. The Balaban J connectivity index is 1.75. The molecular weight excluding hydrogens is 248 g/mol. The topological polar surface area (TPSA) is 40.2 Å². The Hall–Kier alpha value is -1.74. The highest BCUT2D eigenvalue weighted by atomic mass is 16.5. The Labute approximate surface area is 121 Å². The number of hydrogen-bond donors (Lipinski definition) is 1. The molecule has 0 amide bonds. The largest absolute Gasteiger partial charge is 0.494 e. The summed E-state index contributed by atoms with van der Waals surface area (Å²) in [6, 6.07) is 14.5. The quantitative estimate of drug-likeness (QED) is 0.749. The van der Waals surface area contributed by atoms with Crippen LogP contribution < -0.4 is 10.5 Å². The number of rotatable bonds is 8. The van der Waals surface area contributed by atoms with Crippen LogP contribution in [0.1, 0.15) is 25.5 Å². The zero-order chi connectivity index (χ0) is 14.2. The lowest BCUT2D eigenvalue weighted by molar-refractivity contribution is 0.301. The molecule has 0 saturated carbocycles. The number of aryl methyl sites for hydroxylation is 1. The van der Waals surface area contributed by atoms with Crippen molar-refractivity contribution in [1.29, 1.82) is 0 Å². The van der Waals surface area contributed by atoms with E-state index in [1.807, 2.05) is 30.3 Å². The van der Waals surface area contributed by atoms with Crippen molar-refractivity contribution >= 4 is 0 Å². The van der Waals surface area contributed by atoms with Gasteiger partial charge in [-0.15, -0.1) is 0 Å². The summed E-state index contributed by atoms with van der Waals surface area (Å²) >= 11 is 0. The molecule has 1 heterocycles. The molecule has 1 aromatic heterocycles. The van der Waals surface area contributed by atoms with Gasteiger partial charge in [-0.2, -0.15) is 0 Å². The number of aromatic nitrogens is 1. The Morgan fingerprint density at radius 3 is 2.70 bits per heavy atom. The van der Waals surface area contributed by atoms with Crippen molar-refractivity contribution in [3.63, 3.8) is 0 Å². The van der Waals surface area contributed by atoms with Crippen LogP contribution in [0, 0.1) is 0 Å². The van der Waals surface area contributed by atoms with Crippen LogP contribution in [0.25, 0.3) is 0 Å². The first-order valence-electron chi connectivity index (χ1n) is 7.37. The Morgan fingerprint density at radius 1 is 1.15 bits per heavy atom. The molecule has 0 spiro atoms. The molecule has 1 unspecified atom stereocenters. The molecule has 0 aliphatic heterocycles. The van der Waals surface area contributed by atoms with Crippen molar-refractivity contribution in [2.45, 2.75) is 38.8 Å². The van der Waals surface area contributed by atoms with E-state index in [0.717, 1.165) is 38.2 Å². The van der Waals surface area contributed by atoms with Crippen molar-refractivity contribution < 1.29 is 4.74 Å². The van der Waals surface area contributed by atoms with E-state index in [0.29, 0.717) is 0 Å². The van der Waals surface area contributed by atoms with Gasteiger partial charge in [0.2, 0.25) is 0 Å². The maximum absolute atomic E-state index is 6.03. The van der Waals surface area contributed by atoms with Crippen molar-refractivity contribution in [1.82, 2.24) is 4.57 Å². The third kappa shape index (κ3) is 4.42. The maximum Gasteiger partial charge on any atom is 0.119 e. The van der Waals surface area contributed by atoms with Crippen LogP contribution in [-0.2, 0) is 13.0 Å². The average Bonchev–Trinajstić information content (AvgIpc) is 2.92. The molecule has 2 N–H and O–H groups in total. The number of nitrogens with zero attached hydrogens (tertiary/aromatic N) is 1. The Morgan fingerprint density at radius 2 is 1.95 bits per heavy atom. The van der Waals surface area contributed by atoms with Crippen molar-refractivity contribution in [2.75, 3.05) is 6.61 Å². The molecule has 0 bridgehead atoms. The predicted octanol–water partition coefficient (Wildman–Crippen LogP) is 3.24. The van der Waals surface area contributed by atoms with Gasteiger partial charge in [-0.25, -0.2) is 0 Å². The third-order valence-electron chi connectivity index (χ3n) is 3.47. The summed E-state index contributed by atoms with van der Waals surface area (Å²) < 4.78 is 7.99. The van der Waals surface area contributed by atoms with E-state index in [4.69, 9.17) is 10.5 Å². The van der Waals surface area contributed by atoms with E-state index in [1.165, 1.54) is 5.69 Å². The van der Waals surface area contributed by atoms with E-state index >= 15 is 0 Å². The second-order valence-electron chi connectivity index (χ2n) is 5.08. The van der Waals surface area contributed by atoms with Gasteiger partial charge in [-0.1, -0.05) is 25.1 Å². The van der Waals surface area contributed by atoms with Gasteiger partial charge in [-0.3, -0.25) is 0 Å². The minimum absolute atomic E-state index is 0.254. The monoisotopic (exact) mass is 272 g/mol. The zero-order valence-corrected chi connectivity index (χ0v) is 12.2. The van der Waals surface area contributed by atoms with Crippen LogP contribution in [0.15, 0.2) is 48.7 Å². The van der Waals surface area contributed by atoms with Gasteiger partial charge in [-0.05, 0) is 37.1 Å². The summed E-state index contributed by atoms with van der Waals surface area (Å²) in [7, 11) is 0. The summed E-state index contributed by atoms with van der Waals surface area (Å²) in [6.07, 6.45) is 5.09. The number of ether oxygens (including phenoxy) is 1. The standard InChI is InChI=1S/C17H24N2O/c1-2-15(18)14-16-8-6-11-19(16)12-7-13-20-17-9-4-3-5-10-17/h3-6,8-11,15H,2,7,12-14,18H2,1H3. The molecule has 0 saturated heterocycles. The summed E-state index contributed by atoms with van der Waals surface area (Å²) in [4.78, 5) is 0. The average molecular weight is 272 g/mol. The summed E-state index contributed by atoms with van der Waals surface area (Å²) in [6.45, 7) is 3.85. The van der Waals surface area contributed by atoms with Crippen LogP contribution in [0.3, 0.4) is 0 Å². The van der Waals surface area contributed by atoms with Gasteiger partial charge in [0, 0.05) is 30.9 Å². The molecule has 20 heavy (non-hydrogen) atoms. The lowest BCUT2D eigenvalue weighted by atomic mass is 10.1. The fraction of sp³-hybridized carbons (Fsp3) is 0.412. The zero-order valence-electron chi connectivity index (χ0n) is 12.2. The van der Waals surface area contributed by atoms with E-state index in [2.05, 4.69) is 29.8 Å². The molecule has 3 nitrogen and oxygen atoms in total. The minimum atomic E-state index is 0.254.